The molecule has 0 spiro atoms. The zero-order valence-corrected chi connectivity index (χ0v) is 21.5. The van der Waals surface area contributed by atoms with Gasteiger partial charge in [0.2, 0.25) is 0 Å². The van der Waals surface area contributed by atoms with Crippen molar-refractivity contribution in [3.63, 3.8) is 0 Å². The Bertz CT molecular complexity index is 543. The number of hydrogen-bond donors (Lipinski definition) is 0. The Morgan fingerprint density at radius 1 is 1.03 bits per heavy atom. The van der Waals surface area contributed by atoms with Crippen molar-refractivity contribution in [3.8, 4) is 24.2 Å². The van der Waals surface area contributed by atoms with Crippen LogP contribution in [0, 0.1) is 59.7 Å². The van der Waals surface area contributed by atoms with Gasteiger partial charge in [-0.25, -0.2) is 10.0 Å². The Morgan fingerprint density at radius 3 is 2.38 bits per heavy atom. The van der Waals surface area contributed by atoms with Gasteiger partial charge in [-0.05, 0) is 72.9 Å². The van der Waals surface area contributed by atoms with Crippen LogP contribution in [-0.2, 0) is 0 Å². The summed E-state index contributed by atoms with van der Waals surface area (Å²) in [5, 5.41) is 0. The second-order valence-electron chi connectivity index (χ2n) is 10.4. The summed E-state index contributed by atoms with van der Waals surface area (Å²) in [6.07, 6.45) is 22.5. The van der Waals surface area contributed by atoms with Crippen LogP contribution in [0.5, 0.6) is 0 Å². The van der Waals surface area contributed by atoms with Gasteiger partial charge in [0, 0.05) is 18.8 Å². The Kier molecular flexibility index (Phi) is 12.5. The summed E-state index contributed by atoms with van der Waals surface area (Å²) in [4.78, 5) is 0. The molecule has 168 valence electrons. The van der Waals surface area contributed by atoms with E-state index in [1.54, 1.807) is 0 Å². The minimum Gasteiger partial charge on any atom is -0.246 e. The largest absolute Gasteiger partial charge is 0.246 e. The Hall–Kier alpha value is -0.530. The lowest BCUT2D eigenvalue weighted by Crippen LogP contribution is -2.34. The molecular weight excluding hydrogens is 368 g/mol. The van der Waals surface area contributed by atoms with Crippen LogP contribution < -0.4 is 0 Å². The van der Waals surface area contributed by atoms with Crippen LogP contribution in [0.1, 0.15) is 92.4 Å². The SMILES string of the molecule is C#CC1CC(C(C)C(C)C(C)CC)C(CCCCCC#CCC)CCS(C)(C)C1. The maximum atomic E-state index is 6.04. The highest BCUT2D eigenvalue weighted by Gasteiger charge is 2.36. The summed E-state index contributed by atoms with van der Waals surface area (Å²) in [7, 11) is -0.533. The van der Waals surface area contributed by atoms with E-state index in [1.165, 1.54) is 56.5 Å². The van der Waals surface area contributed by atoms with Crippen molar-refractivity contribution < 1.29 is 0 Å². The van der Waals surface area contributed by atoms with E-state index in [9.17, 15) is 0 Å². The van der Waals surface area contributed by atoms with Crippen molar-refractivity contribution in [2.75, 3.05) is 24.0 Å². The van der Waals surface area contributed by atoms with Gasteiger partial charge in [-0.3, -0.25) is 0 Å². The third-order valence-electron chi connectivity index (χ3n) is 7.82. The van der Waals surface area contributed by atoms with Crippen LogP contribution in [-0.4, -0.2) is 24.0 Å². The molecule has 0 amide bonds. The second-order valence-corrected chi connectivity index (χ2v) is 14.6. The highest BCUT2D eigenvalue weighted by molar-refractivity contribution is 8.32. The fourth-order valence-corrected chi connectivity index (χ4v) is 7.74. The molecule has 1 rings (SSSR count). The van der Waals surface area contributed by atoms with Gasteiger partial charge in [0.15, 0.2) is 0 Å². The van der Waals surface area contributed by atoms with E-state index >= 15 is 0 Å². The summed E-state index contributed by atoms with van der Waals surface area (Å²) >= 11 is 0. The third kappa shape index (κ3) is 9.43. The number of terminal acetylenes is 1. The molecule has 6 unspecified atom stereocenters. The van der Waals surface area contributed by atoms with Gasteiger partial charge in [0.05, 0.1) is 0 Å². The Morgan fingerprint density at radius 2 is 1.76 bits per heavy atom. The zero-order chi connectivity index (χ0) is 21.9. The predicted octanol–water partition coefficient (Wildman–Crippen LogP) is 8.01. The fourth-order valence-electron chi connectivity index (χ4n) is 5.31. The van der Waals surface area contributed by atoms with Gasteiger partial charge in [-0.1, -0.05) is 60.3 Å². The van der Waals surface area contributed by atoms with Gasteiger partial charge in [0.1, 0.15) is 0 Å². The smallest absolute Gasteiger partial charge is 0.0278 e. The van der Waals surface area contributed by atoms with Gasteiger partial charge < -0.3 is 0 Å². The lowest BCUT2D eigenvalue weighted by molar-refractivity contribution is 0.119. The first-order chi connectivity index (χ1) is 13.8. The molecule has 29 heavy (non-hydrogen) atoms. The van der Waals surface area contributed by atoms with Gasteiger partial charge in [-0.2, -0.15) is 0 Å². The van der Waals surface area contributed by atoms with Crippen molar-refractivity contribution in [2.45, 2.75) is 92.4 Å². The fraction of sp³-hybridized carbons (Fsp3) is 0.857. The van der Waals surface area contributed by atoms with Crippen molar-refractivity contribution in [1.29, 1.82) is 0 Å². The standard InChI is InChI=1S/C28H50S/c1-9-12-13-14-15-16-17-18-27-19-20-29(7,8)22-26(11-3)21-28(27)25(6)24(5)23(4)10-2/h3,23-28H,9-10,14-22H2,1-2,4-8H3. The molecule has 0 nitrogen and oxygen atoms in total. The van der Waals surface area contributed by atoms with E-state index in [0.717, 1.165) is 42.4 Å². The lowest BCUT2D eigenvalue weighted by Gasteiger charge is -2.44. The van der Waals surface area contributed by atoms with E-state index in [1.807, 2.05) is 0 Å². The molecule has 0 radical (unpaired) electrons. The second kappa shape index (κ2) is 13.7. The molecule has 0 saturated carbocycles. The highest BCUT2D eigenvalue weighted by atomic mass is 32.3. The van der Waals surface area contributed by atoms with Crippen molar-refractivity contribution in [1.82, 2.24) is 0 Å². The molecule has 1 fully saturated rings. The molecule has 6 atom stereocenters. The molecule has 0 bridgehead atoms. The van der Waals surface area contributed by atoms with Crippen LogP contribution >= 0.6 is 10.0 Å². The molecule has 0 aromatic carbocycles. The minimum absolute atomic E-state index is 0.490. The average molecular weight is 419 g/mol. The van der Waals surface area contributed by atoms with E-state index in [4.69, 9.17) is 6.42 Å². The normalized spacial score (nSPS) is 28.6. The molecule has 1 aliphatic heterocycles. The summed E-state index contributed by atoms with van der Waals surface area (Å²) in [6.45, 7) is 12.0. The molecule has 1 aliphatic rings. The molecule has 0 aromatic heterocycles. The topological polar surface area (TPSA) is 0 Å². The summed E-state index contributed by atoms with van der Waals surface area (Å²) in [6, 6.07) is 0. The van der Waals surface area contributed by atoms with Crippen LogP contribution in [0.15, 0.2) is 0 Å². The molecule has 1 heteroatoms. The molecule has 0 aromatic rings. The maximum absolute atomic E-state index is 6.04. The highest BCUT2D eigenvalue weighted by Crippen LogP contribution is 2.50. The molecule has 1 heterocycles. The summed E-state index contributed by atoms with van der Waals surface area (Å²) in [5.74, 6) is 17.0. The molecule has 0 aliphatic carbocycles. The number of rotatable bonds is 9. The van der Waals surface area contributed by atoms with Crippen molar-refractivity contribution in [3.05, 3.63) is 0 Å². The Labute approximate surface area is 186 Å². The number of unbranched alkanes of at least 4 members (excludes halogenated alkanes) is 3. The quantitative estimate of drug-likeness (QED) is 0.263. The molecule has 0 N–H and O–H groups in total. The Balaban J connectivity index is 2.85. The molecular formula is C28H50S. The summed E-state index contributed by atoms with van der Waals surface area (Å²) < 4.78 is 0. The first-order valence-electron chi connectivity index (χ1n) is 12.4. The minimum atomic E-state index is -0.533. The maximum Gasteiger partial charge on any atom is 0.0278 e. The van der Waals surface area contributed by atoms with Gasteiger partial charge >= 0.3 is 0 Å². The van der Waals surface area contributed by atoms with Crippen LogP contribution in [0.4, 0.5) is 0 Å². The van der Waals surface area contributed by atoms with Crippen molar-refractivity contribution in [2.24, 2.45) is 35.5 Å². The number of hydrogen-bond acceptors (Lipinski definition) is 0. The summed E-state index contributed by atoms with van der Waals surface area (Å²) in [5.41, 5.74) is 0. The van der Waals surface area contributed by atoms with Crippen molar-refractivity contribution >= 4 is 10.0 Å². The third-order valence-corrected chi connectivity index (χ3v) is 10.5. The van der Waals surface area contributed by atoms with Crippen LogP contribution in [0.25, 0.3) is 0 Å². The lowest BCUT2D eigenvalue weighted by atomic mass is 9.67. The first-order valence-corrected chi connectivity index (χ1v) is 15.1. The van der Waals surface area contributed by atoms with Gasteiger partial charge in [0.25, 0.3) is 0 Å². The molecule has 1 saturated heterocycles. The average Bonchev–Trinajstić information content (AvgIpc) is 2.70. The van der Waals surface area contributed by atoms with E-state index in [0.29, 0.717) is 5.92 Å². The van der Waals surface area contributed by atoms with E-state index < -0.39 is 10.0 Å². The zero-order valence-electron chi connectivity index (χ0n) is 20.7. The first kappa shape index (κ1) is 26.5. The van der Waals surface area contributed by atoms with E-state index in [-0.39, 0.29) is 0 Å². The predicted molar refractivity (Wildman–Crippen MR) is 137 cm³/mol. The van der Waals surface area contributed by atoms with Crippen LogP contribution in [0.2, 0.25) is 0 Å². The monoisotopic (exact) mass is 418 g/mol. The van der Waals surface area contributed by atoms with Crippen LogP contribution in [0.3, 0.4) is 0 Å². The van der Waals surface area contributed by atoms with Gasteiger partial charge in [-0.15, -0.1) is 24.2 Å². The van der Waals surface area contributed by atoms with E-state index in [2.05, 4.69) is 64.9 Å².